The van der Waals surface area contributed by atoms with Crippen molar-refractivity contribution in [2.45, 2.75) is 39.2 Å². The fourth-order valence-electron chi connectivity index (χ4n) is 2.85. The number of carbonyl (C=O) groups is 1. The molecular weight excluding hydrogens is 252 g/mol. The summed E-state index contributed by atoms with van der Waals surface area (Å²) in [7, 11) is 0. The summed E-state index contributed by atoms with van der Waals surface area (Å²) in [6.07, 6.45) is 7.71. The molecule has 1 amide bonds. The van der Waals surface area contributed by atoms with Crippen molar-refractivity contribution in [3.05, 3.63) is 18.5 Å². The standard InChI is InChI=1S/C15H26N4O/c1-13(14-4-8-16-9-5-14)12-15(20)17-6-2-10-19-11-3-7-18-19/h3,7,11,13-14,16H,2,4-6,8-10,12H2,1H3,(H,17,20). The number of rotatable bonds is 7. The van der Waals surface area contributed by atoms with E-state index in [2.05, 4.69) is 22.7 Å². The summed E-state index contributed by atoms with van der Waals surface area (Å²) >= 11 is 0. The molecule has 1 aliphatic heterocycles. The quantitative estimate of drug-likeness (QED) is 0.742. The van der Waals surface area contributed by atoms with Crippen molar-refractivity contribution in [1.82, 2.24) is 20.4 Å². The molecule has 2 heterocycles. The Bertz CT molecular complexity index is 385. The van der Waals surface area contributed by atoms with Gasteiger partial charge in [-0.15, -0.1) is 0 Å². The lowest BCUT2D eigenvalue weighted by Crippen LogP contribution is -2.33. The van der Waals surface area contributed by atoms with Gasteiger partial charge < -0.3 is 10.6 Å². The maximum atomic E-state index is 11.9. The van der Waals surface area contributed by atoms with Crippen LogP contribution in [0.5, 0.6) is 0 Å². The van der Waals surface area contributed by atoms with Crippen LogP contribution in [0.3, 0.4) is 0 Å². The Morgan fingerprint density at radius 3 is 3.00 bits per heavy atom. The van der Waals surface area contributed by atoms with Crippen LogP contribution in [0.4, 0.5) is 0 Å². The number of piperidine rings is 1. The molecular formula is C15H26N4O. The molecule has 0 aliphatic carbocycles. The molecule has 5 nitrogen and oxygen atoms in total. The van der Waals surface area contributed by atoms with Gasteiger partial charge in [-0.2, -0.15) is 5.10 Å². The van der Waals surface area contributed by atoms with Gasteiger partial charge in [0.2, 0.25) is 5.91 Å². The first kappa shape index (κ1) is 15.0. The van der Waals surface area contributed by atoms with Crippen molar-refractivity contribution in [3.8, 4) is 0 Å². The summed E-state index contributed by atoms with van der Waals surface area (Å²) in [5, 5.41) is 10.5. The average molecular weight is 278 g/mol. The van der Waals surface area contributed by atoms with Crippen molar-refractivity contribution < 1.29 is 4.79 Å². The predicted octanol–water partition coefficient (Wildman–Crippen LogP) is 1.42. The smallest absolute Gasteiger partial charge is 0.220 e. The molecule has 1 aliphatic rings. The highest BCUT2D eigenvalue weighted by Crippen LogP contribution is 2.23. The second-order valence-corrected chi connectivity index (χ2v) is 5.74. The molecule has 0 aromatic carbocycles. The maximum Gasteiger partial charge on any atom is 0.220 e. The Morgan fingerprint density at radius 2 is 2.30 bits per heavy atom. The molecule has 0 spiro atoms. The Hall–Kier alpha value is -1.36. The molecule has 1 aromatic heterocycles. The van der Waals surface area contributed by atoms with E-state index in [1.165, 1.54) is 12.8 Å². The minimum atomic E-state index is 0.191. The van der Waals surface area contributed by atoms with Crippen LogP contribution < -0.4 is 10.6 Å². The molecule has 1 fully saturated rings. The number of hydrogen-bond acceptors (Lipinski definition) is 3. The van der Waals surface area contributed by atoms with Crippen molar-refractivity contribution >= 4 is 5.91 Å². The molecule has 2 N–H and O–H groups in total. The largest absolute Gasteiger partial charge is 0.356 e. The molecule has 1 saturated heterocycles. The van der Waals surface area contributed by atoms with Gasteiger partial charge in [-0.05, 0) is 50.3 Å². The van der Waals surface area contributed by atoms with Crippen LogP contribution >= 0.6 is 0 Å². The van der Waals surface area contributed by atoms with Crippen LogP contribution in [0, 0.1) is 11.8 Å². The second-order valence-electron chi connectivity index (χ2n) is 5.74. The molecule has 1 unspecified atom stereocenters. The number of nitrogens with zero attached hydrogens (tertiary/aromatic N) is 2. The number of aromatic nitrogens is 2. The van der Waals surface area contributed by atoms with Crippen LogP contribution in [0.1, 0.15) is 32.6 Å². The van der Waals surface area contributed by atoms with Crippen molar-refractivity contribution in [2.24, 2.45) is 11.8 Å². The molecule has 5 heteroatoms. The Balaban J connectivity index is 1.57. The highest BCUT2D eigenvalue weighted by Gasteiger charge is 2.21. The zero-order chi connectivity index (χ0) is 14.2. The van der Waals surface area contributed by atoms with E-state index < -0.39 is 0 Å². The third-order valence-corrected chi connectivity index (χ3v) is 4.14. The summed E-state index contributed by atoms with van der Waals surface area (Å²) in [5.74, 6) is 1.38. The zero-order valence-electron chi connectivity index (χ0n) is 12.3. The molecule has 20 heavy (non-hydrogen) atoms. The van der Waals surface area contributed by atoms with E-state index in [0.29, 0.717) is 18.3 Å². The van der Waals surface area contributed by atoms with Crippen LogP contribution in [0.2, 0.25) is 0 Å². The lowest BCUT2D eigenvalue weighted by molar-refractivity contribution is -0.122. The summed E-state index contributed by atoms with van der Waals surface area (Å²) in [5.41, 5.74) is 0. The topological polar surface area (TPSA) is 59.0 Å². The first-order valence-corrected chi connectivity index (χ1v) is 7.70. The summed E-state index contributed by atoms with van der Waals surface area (Å²) in [4.78, 5) is 11.9. The van der Waals surface area contributed by atoms with Crippen LogP contribution in [-0.4, -0.2) is 35.3 Å². The lowest BCUT2D eigenvalue weighted by Gasteiger charge is -2.27. The molecule has 1 aromatic rings. The Morgan fingerprint density at radius 1 is 1.50 bits per heavy atom. The molecule has 112 valence electrons. The summed E-state index contributed by atoms with van der Waals surface area (Å²) < 4.78 is 1.89. The number of hydrogen-bond donors (Lipinski definition) is 2. The van der Waals surface area contributed by atoms with Crippen LogP contribution in [0.25, 0.3) is 0 Å². The van der Waals surface area contributed by atoms with E-state index in [0.717, 1.165) is 32.6 Å². The molecule has 0 saturated carbocycles. The Kier molecular flexibility index (Phi) is 6.05. The monoisotopic (exact) mass is 278 g/mol. The van der Waals surface area contributed by atoms with Crippen molar-refractivity contribution in [3.63, 3.8) is 0 Å². The number of nitrogens with one attached hydrogen (secondary N) is 2. The normalized spacial score (nSPS) is 17.9. The van der Waals surface area contributed by atoms with Gasteiger partial charge in [0.25, 0.3) is 0 Å². The first-order valence-electron chi connectivity index (χ1n) is 7.70. The number of aryl methyl sites for hydroxylation is 1. The van der Waals surface area contributed by atoms with E-state index >= 15 is 0 Å². The van der Waals surface area contributed by atoms with Gasteiger partial charge in [0.15, 0.2) is 0 Å². The van der Waals surface area contributed by atoms with Gasteiger partial charge in [0.05, 0.1) is 0 Å². The van der Waals surface area contributed by atoms with E-state index in [9.17, 15) is 4.79 Å². The predicted molar refractivity (Wildman–Crippen MR) is 79.2 cm³/mol. The van der Waals surface area contributed by atoms with Gasteiger partial charge in [-0.25, -0.2) is 0 Å². The fraction of sp³-hybridized carbons (Fsp3) is 0.733. The maximum absolute atomic E-state index is 11.9. The summed E-state index contributed by atoms with van der Waals surface area (Å²) in [6, 6.07) is 1.92. The second kappa shape index (κ2) is 8.04. The van der Waals surface area contributed by atoms with E-state index in [4.69, 9.17) is 0 Å². The molecule has 0 radical (unpaired) electrons. The summed E-state index contributed by atoms with van der Waals surface area (Å²) in [6.45, 7) is 6.00. The van der Waals surface area contributed by atoms with Gasteiger partial charge in [0.1, 0.15) is 0 Å². The number of carbonyl (C=O) groups excluding carboxylic acids is 1. The number of amides is 1. The van der Waals surface area contributed by atoms with Gasteiger partial charge >= 0.3 is 0 Å². The van der Waals surface area contributed by atoms with E-state index in [-0.39, 0.29) is 5.91 Å². The molecule has 2 rings (SSSR count). The minimum Gasteiger partial charge on any atom is -0.356 e. The third-order valence-electron chi connectivity index (χ3n) is 4.14. The average Bonchev–Trinajstić information content (AvgIpc) is 2.98. The minimum absolute atomic E-state index is 0.191. The van der Waals surface area contributed by atoms with E-state index in [1.807, 2.05) is 16.9 Å². The highest BCUT2D eigenvalue weighted by atomic mass is 16.1. The van der Waals surface area contributed by atoms with Gasteiger partial charge in [-0.3, -0.25) is 9.48 Å². The fourth-order valence-corrected chi connectivity index (χ4v) is 2.85. The zero-order valence-corrected chi connectivity index (χ0v) is 12.3. The third kappa shape index (κ3) is 4.96. The van der Waals surface area contributed by atoms with Gasteiger partial charge in [0, 0.05) is 31.9 Å². The van der Waals surface area contributed by atoms with Crippen LogP contribution in [-0.2, 0) is 11.3 Å². The van der Waals surface area contributed by atoms with Crippen LogP contribution in [0.15, 0.2) is 18.5 Å². The Labute approximate surface area is 121 Å². The van der Waals surface area contributed by atoms with Crippen molar-refractivity contribution in [1.29, 1.82) is 0 Å². The van der Waals surface area contributed by atoms with Gasteiger partial charge in [-0.1, -0.05) is 6.92 Å². The SMILES string of the molecule is CC(CC(=O)NCCCn1cccn1)C1CCNCC1. The lowest BCUT2D eigenvalue weighted by atomic mass is 9.84. The molecule has 0 bridgehead atoms. The molecule has 1 atom stereocenters. The highest BCUT2D eigenvalue weighted by molar-refractivity contribution is 5.76. The van der Waals surface area contributed by atoms with Crippen molar-refractivity contribution in [2.75, 3.05) is 19.6 Å². The first-order chi connectivity index (χ1) is 9.75. The van der Waals surface area contributed by atoms with E-state index in [1.54, 1.807) is 6.20 Å².